The molecule has 4 rings (SSSR count). The van der Waals surface area contributed by atoms with Crippen molar-refractivity contribution in [1.29, 1.82) is 0 Å². The number of nitrogens with zero attached hydrogens (tertiary/aromatic N) is 4. The molecular weight excluding hydrogens is 401 g/mol. The number of amides is 1. The number of nitrogens with one attached hydrogen (secondary N) is 1. The zero-order valence-corrected chi connectivity index (χ0v) is 18.3. The standard InChI is InChI=1S/C22H26FN5OS/c1-4-14(2)26-21(29)19-15(3)18-20(24-13-25-22(18)30-19)28-11-9-27(10-12-28)17-8-6-5-7-16(17)23/h5-8,13-14H,4,9-12H2,1-3H3,(H,26,29)/t14-/m1/s1. The molecule has 6 nitrogen and oxygen atoms in total. The third-order valence-corrected chi connectivity index (χ3v) is 6.87. The lowest BCUT2D eigenvalue weighted by atomic mass is 10.1. The molecule has 3 aromatic rings. The van der Waals surface area contributed by atoms with Gasteiger partial charge in [0.2, 0.25) is 0 Å². The summed E-state index contributed by atoms with van der Waals surface area (Å²) in [5.74, 6) is 0.603. The van der Waals surface area contributed by atoms with Crippen molar-refractivity contribution in [2.24, 2.45) is 0 Å². The van der Waals surface area contributed by atoms with Gasteiger partial charge < -0.3 is 15.1 Å². The van der Waals surface area contributed by atoms with Crippen LogP contribution in [-0.2, 0) is 0 Å². The first kappa shape index (κ1) is 20.5. The number of hydrogen-bond acceptors (Lipinski definition) is 6. The molecule has 0 saturated carbocycles. The van der Waals surface area contributed by atoms with E-state index in [4.69, 9.17) is 0 Å². The van der Waals surface area contributed by atoms with Gasteiger partial charge in [-0.1, -0.05) is 19.1 Å². The maximum Gasteiger partial charge on any atom is 0.261 e. The summed E-state index contributed by atoms with van der Waals surface area (Å²) in [6.07, 6.45) is 2.44. The van der Waals surface area contributed by atoms with E-state index in [-0.39, 0.29) is 17.8 Å². The SMILES string of the molecule is CC[C@@H](C)NC(=O)c1sc2ncnc(N3CCN(c4ccccc4F)CC3)c2c1C. The molecule has 1 atom stereocenters. The first-order chi connectivity index (χ1) is 14.5. The zero-order valence-electron chi connectivity index (χ0n) is 17.5. The number of piperazine rings is 1. The van der Waals surface area contributed by atoms with Crippen LogP contribution in [0, 0.1) is 12.7 Å². The van der Waals surface area contributed by atoms with Gasteiger partial charge in [-0.05, 0) is 38.0 Å². The van der Waals surface area contributed by atoms with Gasteiger partial charge in [0.25, 0.3) is 5.91 Å². The van der Waals surface area contributed by atoms with E-state index < -0.39 is 0 Å². The fraction of sp³-hybridized carbons (Fsp3) is 0.409. The van der Waals surface area contributed by atoms with E-state index in [2.05, 4.69) is 25.1 Å². The second-order valence-electron chi connectivity index (χ2n) is 7.64. The third-order valence-electron chi connectivity index (χ3n) is 5.68. The highest BCUT2D eigenvalue weighted by atomic mass is 32.1. The first-order valence-electron chi connectivity index (χ1n) is 10.3. The van der Waals surface area contributed by atoms with Crippen LogP contribution in [0.5, 0.6) is 0 Å². The Morgan fingerprint density at radius 2 is 1.90 bits per heavy atom. The number of anilines is 2. The molecule has 1 aromatic carbocycles. The predicted molar refractivity (Wildman–Crippen MR) is 120 cm³/mol. The van der Waals surface area contributed by atoms with Crippen LogP contribution in [0.15, 0.2) is 30.6 Å². The Kier molecular flexibility index (Phi) is 5.85. The van der Waals surface area contributed by atoms with Crippen molar-refractivity contribution in [3.8, 4) is 0 Å². The monoisotopic (exact) mass is 427 g/mol. The lowest BCUT2D eigenvalue weighted by Crippen LogP contribution is -2.47. The van der Waals surface area contributed by atoms with Crippen molar-refractivity contribution in [2.45, 2.75) is 33.2 Å². The van der Waals surface area contributed by atoms with Crippen molar-refractivity contribution in [3.63, 3.8) is 0 Å². The molecule has 8 heteroatoms. The van der Waals surface area contributed by atoms with E-state index in [0.29, 0.717) is 23.7 Å². The Morgan fingerprint density at radius 1 is 1.20 bits per heavy atom. The van der Waals surface area contributed by atoms with E-state index in [1.54, 1.807) is 12.4 Å². The maximum atomic E-state index is 14.1. The number of carbonyl (C=O) groups is 1. The van der Waals surface area contributed by atoms with Crippen LogP contribution in [-0.4, -0.2) is 48.1 Å². The number of rotatable bonds is 5. The van der Waals surface area contributed by atoms with Gasteiger partial charge in [-0.25, -0.2) is 14.4 Å². The number of aromatic nitrogens is 2. The highest BCUT2D eigenvalue weighted by molar-refractivity contribution is 7.20. The van der Waals surface area contributed by atoms with E-state index in [9.17, 15) is 9.18 Å². The van der Waals surface area contributed by atoms with Crippen LogP contribution in [0.2, 0.25) is 0 Å². The minimum Gasteiger partial charge on any atom is -0.366 e. The molecule has 0 bridgehead atoms. The molecule has 3 heterocycles. The summed E-state index contributed by atoms with van der Waals surface area (Å²) in [5, 5.41) is 3.98. The van der Waals surface area contributed by atoms with E-state index >= 15 is 0 Å². The van der Waals surface area contributed by atoms with Gasteiger partial charge in [0.15, 0.2) is 0 Å². The van der Waals surface area contributed by atoms with Gasteiger partial charge in [-0.15, -0.1) is 11.3 Å². The average molecular weight is 428 g/mol. The summed E-state index contributed by atoms with van der Waals surface area (Å²) in [6.45, 7) is 8.88. The molecule has 30 heavy (non-hydrogen) atoms. The molecule has 1 aliphatic heterocycles. The first-order valence-corrected chi connectivity index (χ1v) is 11.1. The summed E-state index contributed by atoms with van der Waals surface area (Å²) >= 11 is 1.41. The minimum atomic E-state index is -0.194. The van der Waals surface area contributed by atoms with Crippen molar-refractivity contribution in [2.75, 3.05) is 36.0 Å². The normalized spacial score (nSPS) is 15.5. The second kappa shape index (κ2) is 8.55. The minimum absolute atomic E-state index is 0.0554. The highest BCUT2D eigenvalue weighted by Gasteiger charge is 2.25. The molecule has 1 saturated heterocycles. The molecule has 0 spiro atoms. The summed E-state index contributed by atoms with van der Waals surface area (Å²) < 4.78 is 14.1. The molecule has 0 aliphatic carbocycles. The molecular formula is C22H26FN5OS. The van der Waals surface area contributed by atoms with Crippen LogP contribution in [0.1, 0.15) is 35.5 Å². The fourth-order valence-electron chi connectivity index (χ4n) is 3.77. The molecule has 1 N–H and O–H groups in total. The molecule has 2 aromatic heterocycles. The van der Waals surface area contributed by atoms with Crippen molar-refractivity contribution in [3.05, 3.63) is 46.9 Å². The molecule has 1 aliphatic rings. The summed E-state index contributed by atoms with van der Waals surface area (Å²) in [7, 11) is 0. The van der Waals surface area contributed by atoms with Gasteiger partial charge >= 0.3 is 0 Å². The van der Waals surface area contributed by atoms with Gasteiger partial charge in [0.05, 0.1) is 16.0 Å². The molecule has 158 valence electrons. The van der Waals surface area contributed by atoms with Gasteiger partial charge in [0, 0.05) is 32.2 Å². The lowest BCUT2D eigenvalue weighted by Gasteiger charge is -2.37. The smallest absolute Gasteiger partial charge is 0.261 e. The molecule has 1 amide bonds. The number of carbonyl (C=O) groups excluding carboxylic acids is 1. The topological polar surface area (TPSA) is 61.4 Å². The highest BCUT2D eigenvalue weighted by Crippen LogP contribution is 2.35. The van der Waals surface area contributed by atoms with Gasteiger partial charge in [-0.3, -0.25) is 4.79 Å². The van der Waals surface area contributed by atoms with Crippen LogP contribution >= 0.6 is 11.3 Å². The maximum absolute atomic E-state index is 14.1. The lowest BCUT2D eigenvalue weighted by molar-refractivity contribution is 0.0943. The Labute approximate surface area is 179 Å². The second-order valence-corrected chi connectivity index (χ2v) is 8.64. The quantitative estimate of drug-likeness (QED) is 0.667. The van der Waals surface area contributed by atoms with Crippen LogP contribution in [0.3, 0.4) is 0 Å². The number of halogens is 1. The van der Waals surface area contributed by atoms with E-state index in [0.717, 1.165) is 41.1 Å². The summed E-state index contributed by atoms with van der Waals surface area (Å²) in [4.78, 5) is 27.5. The molecule has 0 radical (unpaired) electrons. The number of benzene rings is 1. The Morgan fingerprint density at radius 3 is 2.60 bits per heavy atom. The largest absolute Gasteiger partial charge is 0.366 e. The Hall–Kier alpha value is -2.74. The van der Waals surface area contributed by atoms with Crippen LogP contribution in [0.4, 0.5) is 15.9 Å². The third kappa shape index (κ3) is 3.84. The van der Waals surface area contributed by atoms with E-state index in [1.165, 1.54) is 17.4 Å². The number of para-hydroxylation sites is 1. The average Bonchev–Trinajstić information content (AvgIpc) is 3.11. The van der Waals surface area contributed by atoms with Crippen molar-refractivity contribution in [1.82, 2.24) is 15.3 Å². The van der Waals surface area contributed by atoms with Gasteiger partial charge in [0.1, 0.15) is 22.8 Å². The van der Waals surface area contributed by atoms with E-state index in [1.807, 2.05) is 32.9 Å². The summed E-state index contributed by atoms with van der Waals surface area (Å²) in [5.41, 5.74) is 1.56. The molecule has 1 fully saturated rings. The number of aryl methyl sites for hydroxylation is 1. The van der Waals surface area contributed by atoms with Crippen LogP contribution < -0.4 is 15.1 Å². The fourth-order valence-corrected chi connectivity index (χ4v) is 4.81. The summed E-state index contributed by atoms with van der Waals surface area (Å²) in [6, 6.07) is 7.01. The Bertz CT molecular complexity index is 1060. The predicted octanol–water partition coefficient (Wildman–Crippen LogP) is 3.99. The van der Waals surface area contributed by atoms with Crippen LogP contribution in [0.25, 0.3) is 10.2 Å². The number of thiophene rings is 1. The van der Waals surface area contributed by atoms with Crippen molar-refractivity contribution >= 4 is 39.0 Å². The molecule has 0 unspecified atom stereocenters. The zero-order chi connectivity index (χ0) is 21.3. The Balaban J connectivity index is 1.58. The van der Waals surface area contributed by atoms with Gasteiger partial charge in [-0.2, -0.15) is 0 Å². The number of hydrogen-bond donors (Lipinski definition) is 1. The number of fused-ring (bicyclic) bond motifs is 1. The van der Waals surface area contributed by atoms with Crippen molar-refractivity contribution < 1.29 is 9.18 Å².